The molecule has 0 bridgehead atoms. The van der Waals surface area contributed by atoms with Crippen molar-refractivity contribution in [2.75, 3.05) is 0 Å². The van der Waals surface area contributed by atoms with Crippen molar-refractivity contribution < 1.29 is 5.11 Å². The molecule has 5 aromatic rings. The fraction of sp³-hybridized carbons (Fsp3) is 0.103. The van der Waals surface area contributed by atoms with Crippen molar-refractivity contribution in [1.29, 1.82) is 0 Å². The Morgan fingerprint density at radius 3 is 1.80 bits per heavy atom. The van der Waals surface area contributed by atoms with Gasteiger partial charge in [0.15, 0.2) is 0 Å². The number of phenolic OH excluding ortho intramolecular Hbond substituents is 1. The minimum Gasteiger partial charge on any atom is -0.507 e. The van der Waals surface area contributed by atoms with Gasteiger partial charge in [-0.3, -0.25) is 0 Å². The number of hydrogen-bond acceptors (Lipinski definition) is 1. The molecule has 0 saturated heterocycles. The largest absolute Gasteiger partial charge is 0.507 e. The second-order valence-electron chi connectivity index (χ2n) is 8.13. The number of benzene rings is 5. The molecule has 30 heavy (non-hydrogen) atoms. The molecule has 0 aliphatic heterocycles. The van der Waals surface area contributed by atoms with Crippen molar-refractivity contribution >= 4 is 21.5 Å². The Bertz CT molecular complexity index is 1280. The Hall–Kier alpha value is -3.58. The van der Waals surface area contributed by atoms with E-state index in [2.05, 4.69) is 86.6 Å². The third-order valence-electron chi connectivity index (χ3n) is 6.53. The molecule has 0 aliphatic rings. The van der Waals surface area contributed by atoms with Crippen LogP contribution in [0.4, 0.5) is 0 Å². The van der Waals surface area contributed by atoms with E-state index in [0.717, 1.165) is 21.9 Å². The van der Waals surface area contributed by atoms with Crippen LogP contribution in [0.25, 0.3) is 21.5 Å². The van der Waals surface area contributed by atoms with E-state index in [4.69, 9.17) is 0 Å². The molecule has 0 spiro atoms. The summed E-state index contributed by atoms with van der Waals surface area (Å²) in [5.74, 6) is 0.354. The van der Waals surface area contributed by atoms with Crippen LogP contribution in [-0.2, 0) is 5.41 Å². The van der Waals surface area contributed by atoms with Crippen molar-refractivity contribution in [3.63, 3.8) is 0 Å². The topological polar surface area (TPSA) is 20.2 Å². The number of aromatic hydroxyl groups is 1. The van der Waals surface area contributed by atoms with E-state index in [9.17, 15) is 5.11 Å². The molecule has 1 unspecified atom stereocenters. The second kappa shape index (κ2) is 7.03. The highest BCUT2D eigenvalue weighted by atomic mass is 16.3. The summed E-state index contributed by atoms with van der Waals surface area (Å²) in [5.41, 5.74) is 4.04. The van der Waals surface area contributed by atoms with E-state index in [1.54, 1.807) is 0 Å². The van der Waals surface area contributed by atoms with E-state index >= 15 is 0 Å². The Balaban J connectivity index is 1.87. The first-order valence-corrected chi connectivity index (χ1v) is 10.4. The lowest BCUT2D eigenvalue weighted by atomic mass is 9.68. The number of aryl methyl sites for hydroxylation is 1. The maximum absolute atomic E-state index is 11.4. The van der Waals surface area contributed by atoms with E-state index in [1.165, 1.54) is 21.9 Å². The summed E-state index contributed by atoms with van der Waals surface area (Å²) in [5, 5.41) is 15.8. The van der Waals surface area contributed by atoms with Crippen LogP contribution in [0.15, 0.2) is 103 Å². The third kappa shape index (κ3) is 2.70. The van der Waals surface area contributed by atoms with Gasteiger partial charge in [-0.1, -0.05) is 103 Å². The summed E-state index contributed by atoms with van der Waals surface area (Å²) in [6, 6.07) is 35.6. The van der Waals surface area contributed by atoms with Gasteiger partial charge in [-0.15, -0.1) is 0 Å². The Labute approximate surface area is 177 Å². The van der Waals surface area contributed by atoms with Gasteiger partial charge in [0.05, 0.1) is 0 Å². The van der Waals surface area contributed by atoms with Crippen LogP contribution in [-0.4, -0.2) is 5.11 Å². The number of fused-ring (bicyclic) bond motifs is 2. The first-order valence-electron chi connectivity index (χ1n) is 10.4. The van der Waals surface area contributed by atoms with Crippen LogP contribution in [0.3, 0.4) is 0 Å². The average Bonchev–Trinajstić information content (AvgIpc) is 2.80. The average molecular weight is 389 g/mol. The molecule has 1 N–H and O–H groups in total. The van der Waals surface area contributed by atoms with Crippen LogP contribution < -0.4 is 0 Å². The van der Waals surface area contributed by atoms with Gasteiger partial charge in [-0.2, -0.15) is 0 Å². The van der Waals surface area contributed by atoms with Gasteiger partial charge in [-0.05, 0) is 46.7 Å². The van der Waals surface area contributed by atoms with Crippen LogP contribution in [0.5, 0.6) is 5.75 Å². The highest BCUT2D eigenvalue weighted by Crippen LogP contribution is 2.46. The molecule has 0 amide bonds. The zero-order valence-corrected chi connectivity index (χ0v) is 17.3. The summed E-state index contributed by atoms with van der Waals surface area (Å²) in [7, 11) is 0. The SMILES string of the molecule is Cc1c(C(C)(c2ccccc2)c2ccc3ccccc3c2O)ccc2ccccc12. The third-order valence-corrected chi connectivity index (χ3v) is 6.53. The molecule has 0 aliphatic carbocycles. The minimum atomic E-state index is -0.497. The number of rotatable bonds is 3. The minimum absolute atomic E-state index is 0.354. The summed E-state index contributed by atoms with van der Waals surface area (Å²) in [4.78, 5) is 0. The Morgan fingerprint density at radius 1 is 0.567 bits per heavy atom. The van der Waals surface area contributed by atoms with Gasteiger partial charge < -0.3 is 5.11 Å². The van der Waals surface area contributed by atoms with Gasteiger partial charge in [0.1, 0.15) is 5.75 Å². The van der Waals surface area contributed by atoms with Crippen molar-refractivity contribution in [3.8, 4) is 5.75 Å². The molecule has 0 heterocycles. The van der Waals surface area contributed by atoms with Gasteiger partial charge >= 0.3 is 0 Å². The Kier molecular flexibility index (Phi) is 4.33. The smallest absolute Gasteiger partial charge is 0.127 e. The summed E-state index contributed by atoms with van der Waals surface area (Å²) >= 11 is 0. The van der Waals surface area contributed by atoms with Crippen molar-refractivity contribution in [1.82, 2.24) is 0 Å². The summed E-state index contributed by atoms with van der Waals surface area (Å²) in [6.07, 6.45) is 0. The highest BCUT2D eigenvalue weighted by molar-refractivity contribution is 5.91. The molecule has 1 nitrogen and oxygen atoms in total. The lowest BCUT2D eigenvalue weighted by Gasteiger charge is -2.34. The maximum atomic E-state index is 11.4. The number of phenols is 1. The maximum Gasteiger partial charge on any atom is 0.127 e. The van der Waals surface area contributed by atoms with Crippen LogP contribution in [0.2, 0.25) is 0 Å². The second-order valence-corrected chi connectivity index (χ2v) is 8.13. The highest BCUT2D eigenvalue weighted by Gasteiger charge is 2.35. The van der Waals surface area contributed by atoms with Crippen LogP contribution >= 0.6 is 0 Å². The van der Waals surface area contributed by atoms with Gasteiger partial charge in [-0.25, -0.2) is 0 Å². The zero-order valence-electron chi connectivity index (χ0n) is 17.3. The lowest BCUT2D eigenvalue weighted by molar-refractivity contribution is 0.463. The van der Waals surface area contributed by atoms with Crippen molar-refractivity contribution in [3.05, 3.63) is 125 Å². The number of hydrogen-bond donors (Lipinski definition) is 1. The molecule has 0 radical (unpaired) electrons. The van der Waals surface area contributed by atoms with Gasteiger partial charge in [0, 0.05) is 16.4 Å². The fourth-order valence-corrected chi connectivity index (χ4v) is 4.85. The molecular formula is C29H24O. The lowest BCUT2D eigenvalue weighted by Crippen LogP contribution is -2.26. The standard InChI is InChI=1S/C29H24O/c1-20-24-14-8-6-10-21(24)16-18-26(20)29(2,23-12-4-3-5-13-23)27-19-17-22-11-7-9-15-25(22)28(27)30/h3-19,30H,1-2H3. The fourth-order valence-electron chi connectivity index (χ4n) is 4.85. The first-order chi connectivity index (χ1) is 14.6. The van der Waals surface area contributed by atoms with Gasteiger partial charge in [0.2, 0.25) is 0 Å². The molecule has 146 valence electrons. The van der Waals surface area contributed by atoms with E-state index in [0.29, 0.717) is 5.75 Å². The quantitative estimate of drug-likeness (QED) is 0.320. The van der Waals surface area contributed by atoms with E-state index in [-0.39, 0.29) is 0 Å². The molecular weight excluding hydrogens is 364 g/mol. The molecule has 1 heteroatoms. The van der Waals surface area contributed by atoms with Crippen LogP contribution in [0, 0.1) is 6.92 Å². The van der Waals surface area contributed by atoms with E-state index < -0.39 is 5.41 Å². The molecule has 1 atom stereocenters. The first kappa shape index (κ1) is 18.4. The molecule has 5 aromatic carbocycles. The predicted molar refractivity (Wildman–Crippen MR) is 126 cm³/mol. The predicted octanol–water partition coefficient (Wildman–Crippen LogP) is 7.36. The molecule has 0 fully saturated rings. The summed E-state index contributed by atoms with van der Waals surface area (Å²) < 4.78 is 0. The Morgan fingerprint density at radius 2 is 1.10 bits per heavy atom. The zero-order chi connectivity index (χ0) is 20.7. The monoisotopic (exact) mass is 388 g/mol. The van der Waals surface area contributed by atoms with Gasteiger partial charge in [0.25, 0.3) is 0 Å². The molecule has 5 rings (SSSR count). The van der Waals surface area contributed by atoms with Crippen molar-refractivity contribution in [2.45, 2.75) is 19.3 Å². The van der Waals surface area contributed by atoms with Crippen LogP contribution in [0.1, 0.15) is 29.2 Å². The summed E-state index contributed by atoms with van der Waals surface area (Å²) in [6.45, 7) is 4.42. The van der Waals surface area contributed by atoms with Crippen molar-refractivity contribution in [2.24, 2.45) is 0 Å². The normalized spacial score (nSPS) is 13.4. The van der Waals surface area contributed by atoms with E-state index in [1.807, 2.05) is 30.3 Å². The molecule has 0 aromatic heterocycles. The molecule has 0 saturated carbocycles.